The minimum absolute atomic E-state index is 0.0306. The normalized spacial score (nSPS) is 10.6. The van der Waals surface area contributed by atoms with E-state index in [1.165, 1.54) is 28.8 Å². The van der Waals surface area contributed by atoms with E-state index in [1.807, 2.05) is 18.2 Å². The van der Waals surface area contributed by atoms with E-state index in [9.17, 15) is 19.5 Å². The predicted octanol–water partition coefficient (Wildman–Crippen LogP) is 1.07. The number of nitrogens with one attached hydrogen (secondary N) is 1. The fourth-order valence-corrected chi connectivity index (χ4v) is 3.09. The third kappa shape index (κ3) is 3.14. The van der Waals surface area contributed by atoms with Gasteiger partial charge in [-0.1, -0.05) is 35.6 Å². The smallest absolute Gasteiger partial charge is 0.308 e. The number of fused-ring (bicyclic) bond motifs is 1. The van der Waals surface area contributed by atoms with Gasteiger partial charge in [-0.3, -0.25) is 14.2 Å². The number of carbonyl (C=O) groups excluding carboxylic acids is 2. The van der Waals surface area contributed by atoms with Crippen LogP contribution in [0.4, 0.5) is 5.69 Å². The molecule has 6 nitrogen and oxygen atoms in total. The lowest BCUT2D eigenvalue weighted by molar-refractivity contribution is -0.255. The van der Waals surface area contributed by atoms with Crippen molar-refractivity contribution in [2.75, 3.05) is 5.32 Å². The van der Waals surface area contributed by atoms with E-state index in [2.05, 4.69) is 5.32 Å². The van der Waals surface area contributed by atoms with Crippen LogP contribution in [0, 0.1) is 0 Å². The van der Waals surface area contributed by atoms with Gasteiger partial charge in [-0.2, -0.15) is 0 Å². The summed E-state index contributed by atoms with van der Waals surface area (Å²) >= 11 is 1.09. The molecule has 0 unspecified atom stereocenters. The van der Waals surface area contributed by atoms with Crippen molar-refractivity contribution in [3.05, 3.63) is 63.8 Å². The summed E-state index contributed by atoms with van der Waals surface area (Å²) in [6, 6.07) is 12.9. The van der Waals surface area contributed by atoms with E-state index in [1.54, 1.807) is 6.07 Å². The molecule has 0 atom stereocenters. The molecule has 3 aromatic rings. The summed E-state index contributed by atoms with van der Waals surface area (Å²) in [5.74, 6) is -1.64. The van der Waals surface area contributed by atoms with Crippen LogP contribution in [0.25, 0.3) is 10.2 Å². The SMILES string of the molecule is O=C(Cn1c(=O)sc2ccccc21)Nc1ccc(C(=O)[O-])cc1. The fraction of sp³-hybridized carbons (Fsp3) is 0.0625. The predicted molar refractivity (Wildman–Crippen MR) is 85.5 cm³/mol. The Hall–Kier alpha value is -2.93. The van der Waals surface area contributed by atoms with Crippen LogP contribution in [0.5, 0.6) is 0 Å². The molecule has 3 rings (SSSR count). The molecular formula is C16H11N2O4S-. The number of benzene rings is 2. The van der Waals surface area contributed by atoms with Gasteiger partial charge in [0.15, 0.2) is 0 Å². The number of amides is 1. The maximum atomic E-state index is 12.1. The number of nitrogens with zero attached hydrogens (tertiary/aromatic N) is 1. The number of hydrogen-bond acceptors (Lipinski definition) is 5. The Morgan fingerprint density at radius 3 is 2.48 bits per heavy atom. The first-order valence-electron chi connectivity index (χ1n) is 6.74. The summed E-state index contributed by atoms with van der Waals surface area (Å²) < 4.78 is 2.23. The summed E-state index contributed by atoms with van der Waals surface area (Å²) in [6.45, 7) is -0.106. The number of carbonyl (C=O) groups is 2. The third-order valence-corrected chi connectivity index (χ3v) is 4.24. The van der Waals surface area contributed by atoms with Crippen molar-refractivity contribution in [2.45, 2.75) is 6.54 Å². The van der Waals surface area contributed by atoms with Crippen molar-refractivity contribution in [2.24, 2.45) is 0 Å². The Morgan fingerprint density at radius 2 is 1.78 bits per heavy atom. The van der Waals surface area contributed by atoms with Gasteiger partial charge < -0.3 is 15.2 Å². The molecule has 0 fully saturated rings. The van der Waals surface area contributed by atoms with Gasteiger partial charge in [0.2, 0.25) is 5.91 Å². The summed E-state index contributed by atoms with van der Waals surface area (Å²) in [4.78, 5) is 34.5. The van der Waals surface area contributed by atoms with Gasteiger partial charge in [-0.25, -0.2) is 0 Å². The van der Waals surface area contributed by atoms with Gasteiger partial charge in [0.25, 0.3) is 0 Å². The van der Waals surface area contributed by atoms with Gasteiger partial charge >= 0.3 is 4.87 Å². The summed E-state index contributed by atoms with van der Waals surface area (Å²) in [6.07, 6.45) is 0. The Balaban J connectivity index is 1.77. The highest BCUT2D eigenvalue weighted by atomic mass is 32.1. The second-order valence-electron chi connectivity index (χ2n) is 4.83. The second kappa shape index (κ2) is 6.05. The van der Waals surface area contributed by atoms with Crippen LogP contribution in [-0.2, 0) is 11.3 Å². The molecule has 0 aliphatic rings. The van der Waals surface area contributed by atoms with Crippen molar-refractivity contribution >= 4 is 39.1 Å². The largest absolute Gasteiger partial charge is 0.545 e. The first-order chi connectivity index (χ1) is 11.0. The van der Waals surface area contributed by atoms with Crippen LogP contribution in [0.15, 0.2) is 53.3 Å². The highest BCUT2D eigenvalue weighted by Crippen LogP contribution is 2.16. The lowest BCUT2D eigenvalue weighted by Crippen LogP contribution is -2.24. The van der Waals surface area contributed by atoms with Crippen LogP contribution in [0.3, 0.4) is 0 Å². The van der Waals surface area contributed by atoms with Gasteiger partial charge in [0, 0.05) is 5.69 Å². The molecule has 0 saturated heterocycles. The lowest BCUT2D eigenvalue weighted by Gasteiger charge is -2.08. The number of rotatable bonds is 4. The highest BCUT2D eigenvalue weighted by molar-refractivity contribution is 7.16. The molecule has 116 valence electrons. The summed E-state index contributed by atoms with van der Waals surface area (Å²) in [5, 5.41) is 13.3. The monoisotopic (exact) mass is 327 g/mol. The van der Waals surface area contributed by atoms with Crippen molar-refractivity contribution in [3.8, 4) is 0 Å². The number of aromatic carboxylic acids is 1. The fourth-order valence-electron chi connectivity index (χ4n) is 2.20. The number of thiazole rings is 1. The van der Waals surface area contributed by atoms with Crippen LogP contribution < -0.4 is 15.3 Å². The first kappa shape index (κ1) is 15.0. The maximum Gasteiger partial charge on any atom is 0.308 e. The van der Waals surface area contributed by atoms with Gasteiger partial charge in [-0.15, -0.1) is 0 Å². The van der Waals surface area contributed by atoms with E-state index >= 15 is 0 Å². The van der Waals surface area contributed by atoms with E-state index in [4.69, 9.17) is 0 Å². The summed E-state index contributed by atoms with van der Waals surface area (Å²) in [5.41, 5.74) is 1.19. The standard InChI is InChI=1S/C16H12N2O4S/c19-14(17-11-7-5-10(6-8-11)15(20)21)9-18-12-3-1-2-4-13(12)23-16(18)22/h1-8H,9H2,(H,17,19)(H,20,21)/p-1. The van der Waals surface area contributed by atoms with E-state index < -0.39 is 5.97 Å². The third-order valence-electron chi connectivity index (χ3n) is 3.28. The molecule has 1 aromatic heterocycles. The average Bonchev–Trinajstić information content (AvgIpc) is 2.84. The van der Waals surface area contributed by atoms with E-state index in [0.717, 1.165) is 16.0 Å². The molecule has 1 N–H and O–H groups in total. The highest BCUT2D eigenvalue weighted by Gasteiger charge is 2.11. The molecule has 0 spiro atoms. The van der Waals surface area contributed by atoms with Crippen LogP contribution in [0.2, 0.25) is 0 Å². The quantitative estimate of drug-likeness (QED) is 0.776. The van der Waals surface area contributed by atoms with E-state index in [0.29, 0.717) is 11.2 Å². The van der Waals surface area contributed by atoms with Crippen molar-refractivity contribution in [1.29, 1.82) is 0 Å². The van der Waals surface area contributed by atoms with Crippen molar-refractivity contribution in [3.63, 3.8) is 0 Å². The topological polar surface area (TPSA) is 91.2 Å². The molecule has 2 aromatic carbocycles. The first-order valence-corrected chi connectivity index (χ1v) is 7.56. The van der Waals surface area contributed by atoms with Gasteiger partial charge in [0.1, 0.15) is 6.54 Å². The molecule has 0 aliphatic heterocycles. The zero-order valence-corrected chi connectivity index (χ0v) is 12.6. The second-order valence-corrected chi connectivity index (χ2v) is 5.83. The molecule has 1 amide bonds. The number of anilines is 1. The Morgan fingerprint density at radius 1 is 1.09 bits per heavy atom. The number of para-hydroxylation sites is 1. The van der Waals surface area contributed by atoms with Crippen molar-refractivity contribution < 1.29 is 14.7 Å². The molecule has 7 heteroatoms. The lowest BCUT2D eigenvalue weighted by atomic mass is 10.2. The minimum atomic E-state index is -1.28. The zero-order valence-electron chi connectivity index (χ0n) is 11.8. The molecule has 1 heterocycles. The van der Waals surface area contributed by atoms with Crippen LogP contribution in [-0.4, -0.2) is 16.4 Å². The van der Waals surface area contributed by atoms with E-state index in [-0.39, 0.29) is 22.9 Å². The molecule has 0 aliphatic carbocycles. The molecular weight excluding hydrogens is 316 g/mol. The maximum absolute atomic E-state index is 12.1. The Bertz CT molecular complexity index is 941. The number of carboxylic acid groups (broad SMARTS) is 1. The molecule has 0 saturated carbocycles. The van der Waals surface area contributed by atoms with Crippen molar-refractivity contribution in [1.82, 2.24) is 4.57 Å². The number of carboxylic acids is 1. The van der Waals surface area contributed by atoms with Gasteiger partial charge in [0.05, 0.1) is 16.2 Å². The van der Waals surface area contributed by atoms with Crippen LogP contribution >= 0.6 is 11.3 Å². The number of hydrogen-bond donors (Lipinski definition) is 1. The minimum Gasteiger partial charge on any atom is -0.545 e. The zero-order chi connectivity index (χ0) is 16.4. The molecule has 0 radical (unpaired) electrons. The van der Waals surface area contributed by atoms with Crippen LogP contribution in [0.1, 0.15) is 10.4 Å². The number of aromatic nitrogens is 1. The molecule has 0 bridgehead atoms. The average molecular weight is 327 g/mol. The molecule has 23 heavy (non-hydrogen) atoms. The summed E-state index contributed by atoms with van der Waals surface area (Å²) in [7, 11) is 0. The Labute approximate surface area is 134 Å². The van der Waals surface area contributed by atoms with Gasteiger partial charge in [-0.05, 0) is 29.8 Å². The Kier molecular flexibility index (Phi) is 3.94.